The van der Waals surface area contributed by atoms with Gasteiger partial charge >= 0.3 is 0 Å². The van der Waals surface area contributed by atoms with E-state index in [4.69, 9.17) is 0 Å². The lowest BCUT2D eigenvalue weighted by atomic mass is 9.85. The maximum atomic E-state index is 2.30. The molecule has 0 bridgehead atoms. The lowest BCUT2D eigenvalue weighted by Crippen LogP contribution is -1.97. The molecule has 3 aromatic rings. The van der Waals surface area contributed by atoms with E-state index in [1.807, 2.05) is 0 Å². The molecule has 0 N–H and O–H groups in total. The Morgan fingerprint density at radius 1 is 0.680 bits per heavy atom. The molecule has 0 heteroatoms. The largest absolute Gasteiger partial charge is 0.0654 e. The van der Waals surface area contributed by atoms with Crippen LogP contribution in [0.2, 0.25) is 0 Å². The van der Waals surface area contributed by atoms with Crippen LogP contribution in [-0.2, 0) is 6.42 Å². The molecule has 0 amide bonds. The van der Waals surface area contributed by atoms with Crippen molar-refractivity contribution in [1.29, 1.82) is 0 Å². The van der Waals surface area contributed by atoms with Gasteiger partial charge in [-0.1, -0.05) is 100.0 Å². The summed E-state index contributed by atoms with van der Waals surface area (Å²) < 4.78 is 0. The average Bonchev–Trinajstić information content (AvgIpc) is 2.67. The molecule has 0 atom stereocenters. The molecule has 0 aliphatic rings. The maximum Gasteiger partial charge on any atom is -0.0143 e. The summed E-state index contributed by atoms with van der Waals surface area (Å²) in [4.78, 5) is 0. The molecule has 25 heavy (non-hydrogen) atoms. The minimum Gasteiger partial charge on any atom is -0.0654 e. The first kappa shape index (κ1) is 17.5. The van der Waals surface area contributed by atoms with Crippen molar-refractivity contribution in [1.82, 2.24) is 0 Å². The summed E-state index contributed by atoms with van der Waals surface area (Å²) >= 11 is 0. The molecule has 0 unspecified atom stereocenters. The quantitative estimate of drug-likeness (QED) is 0.440. The van der Waals surface area contributed by atoms with Gasteiger partial charge in [-0.15, -0.1) is 0 Å². The van der Waals surface area contributed by atoms with Gasteiger partial charge in [0.25, 0.3) is 0 Å². The van der Waals surface area contributed by atoms with E-state index < -0.39 is 0 Å². The highest BCUT2D eigenvalue weighted by Crippen LogP contribution is 2.37. The molecule has 0 saturated carbocycles. The molecule has 3 aromatic carbocycles. The Morgan fingerprint density at radius 3 is 1.84 bits per heavy atom. The van der Waals surface area contributed by atoms with Crippen molar-refractivity contribution in [3.63, 3.8) is 0 Å². The molecule has 0 radical (unpaired) electrons. The fourth-order valence-electron chi connectivity index (χ4n) is 3.54. The van der Waals surface area contributed by atoms with Crippen LogP contribution >= 0.6 is 0 Å². The highest BCUT2D eigenvalue weighted by molar-refractivity contribution is 5.79. The van der Waals surface area contributed by atoms with Gasteiger partial charge in [-0.3, -0.25) is 0 Å². The second-order valence-electron chi connectivity index (χ2n) is 7.09. The maximum absolute atomic E-state index is 2.30. The van der Waals surface area contributed by atoms with Gasteiger partial charge in [-0.25, -0.2) is 0 Å². The number of hydrogen-bond donors (Lipinski definition) is 0. The van der Waals surface area contributed by atoms with Crippen LogP contribution in [0.3, 0.4) is 0 Å². The third-order valence-electron chi connectivity index (χ3n) is 4.85. The monoisotopic (exact) mass is 328 g/mol. The van der Waals surface area contributed by atoms with E-state index >= 15 is 0 Å². The number of benzene rings is 3. The predicted octanol–water partition coefficient (Wildman–Crippen LogP) is 7.49. The van der Waals surface area contributed by atoms with Gasteiger partial charge in [-0.05, 0) is 52.1 Å². The van der Waals surface area contributed by atoms with Crippen molar-refractivity contribution in [2.24, 2.45) is 0 Å². The standard InChI is InChI=1S/C25H28/c1-4-5-10-20-15-17-22(18-16-20)24-14-9-13-23(25(24)19(2)3)21-11-7-6-8-12-21/h6-9,11-19H,4-5,10H2,1-3H3. The minimum atomic E-state index is 0.478. The Balaban J connectivity index is 2.04. The summed E-state index contributed by atoms with van der Waals surface area (Å²) in [6.07, 6.45) is 3.69. The van der Waals surface area contributed by atoms with E-state index in [9.17, 15) is 0 Å². The Labute approximate surface area is 152 Å². The van der Waals surface area contributed by atoms with Crippen molar-refractivity contribution in [2.75, 3.05) is 0 Å². The minimum absolute atomic E-state index is 0.478. The van der Waals surface area contributed by atoms with Crippen LogP contribution in [0, 0.1) is 0 Å². The average molecular weight is 328 g/mol. The predicted molar refractivity (Wildman–Crippen MR) is 110 cm³/mol. The topological polar surface area (TPSA) is 0 Å². The Hall–Kier alpha value is -2.34. The van der Waals surface area contributed by atoms with Gasteiger partial charge in [0.1, 0.15) is 0 Å². The van der Waals surface area contributed by atoms with E-state index in [2.05, 4.69) is 93.6 Å². The third-order valence-corrected chi connectivity index (χ3v) is 4.85. The molecular weight excluding hydrogens is 300 g/mol. The normalized spacial score (nSPS) is 11.0. The molecule has 128 valence electrons. The van der Waals surface area contributed by atoms with Gasteiger partial charge in [0, 0.05) is 0 Å². The van der Waals surface area contributed by atoms with E-state index in [0.29, 0.717) is 5.92 Å². The van der Waals surface area contributed by atoms with Crippen molar-refractivity contribution in [3.8, 4) is 22.3 Å². The summed E-state index contributed by atoms with van der Waals surface area (Å²) in [5.41, 5.74) is 8.21. The molecule has 0 heterocycles. The van der Waals surface area contributed by atoms with E-state index in [1.165, 1.54) is 52.6 Å². The van der Waals surface area contributed by atoms with Crippen LogP contribution < -0.4 is 0 Å². The summed E-state index contributed by atoms with van der Waals surface area (Å²) in [7, 11) is 0. The summed E-state index contributed by atoms with van der Waals surface area (Å²) in [5.74, 6) is 0.478. The van der Waals surface area contributed by atoms with Gasteiger partial charge < -0.3 is 0 Å². The second kappa shape index (κ2) is 8.16. The highest BCUT2D eigenvalue weighted by Gasteiger charge is 2.14. The van der Waals surface area contributed by atoms with Gasteiger partial charge in [-0.2, -0.15) is 0 Å². The van der Waals surface area contributed by atoms with Crippen molar-refractivity contribution in [3.05, 3.63) is 83.9 Å². The molecule has 0 fully saturated rings. The highest BCUT2D eigenvalue weighted by atomic mass is 14.2. The summed E-state index contributed by atoms with van der Waals surface area (Å²) in [5, 5.41) is 0. The summed E-state index contributed by atoms with van der Waals surface area (Å²) in [6, 6.07) is 26.6. The van der Waals surface area contributed by atoms with Crippen LogP contribution in [0.15, 0.2) is 72.8 Å². The molecule has 0 aromatic heterocycles. The van der Waals surface area contributed by atoms with Crippen molar-refractivity contribution >= 4 is 0 Å². The number of rotatable bonds is 6. The molecular formula is C25H28. The fraction of sp³-hybridized carbons (Fsp3) is 0.280. The smallest absolute Gasteiger partial charge is 0.0143 e. The Kier molecular flexibility index (Phi) is 5.71. The zero-order chi connectivity index (χ0) is 17.6. The number of hydrogen-bond acceptors (Lipinski definition) is 0. The van der Waals surface area contributed by atoms with Crippen LogP contribution in [0.5, 0.6) is 0 Å². The summed E-state index contributed by atoms with van der Waals surface area (Å²) in [6.45, 7) is 6.83. The molecule has 0 nitrogen and oxygen atoms in total. The first-order valence-corrected chi connectivity index (χ1v) is 9.48. The molecule has 3 rings (SSSR count). The van der Waals surface area contributed by atoms with Crippen LogP contribution in [-0.4, -0.2) is 0 Å². The molecule has 0 aliphatic carbocycles. The lowest BCUT2D eigenvalue weighted by molar-refractivity contribution is 0.795. The fourth-order valence-corrected chi connectivity index (χ4v) is 3.54. The molecule has 0 spiro atoms. The van der Waals surface area contributed by atoms with E-state index in [-0.39, 0.29) is 0 Å². The van der Waals surface area contributed by atoms with Crippen LogP contribution in [0.25, 0.3) is 22.3 Å². The van der Waals surface area contributed by atoms with Gasteiger partial charge in [0.2, 0.25) is 0 Å². The van der Waals surface area contributed by atoms with Crippen molar-refractivity contribution in [2.45, 2.75) is 46.0 Å². The van der Waals surface area contributed by atoms with Crippen LogP contribution in [0.4, 0.5) is 0 Å². The first-order chi connectivity index (χ1) is 12.2. The van der Waals surface area contributed by atoms with Gasteiger partial charge in [0.15, 0.2) is 0 Å². The van der Waals surface area contributed by atoms with E-state index in [0.717, 1.165) is 0 Å². The van der Waals surface area contributed by atoms with Crippen LogP contribution in [0.1, 0.15) is 50.7 Å². The number of unbranched alkanes of at least 4 members (excludes halogenated alkanes) is 1. The van der Waals surface area contributed by atoms with Gasteiger partial charge in [0.05, 0.1) is 0 Å². The first-order valence-electron chi connectivity index (χ1n) is 9.48. The molecule has 0 aliphatic heterocycles. The van der Waals surface area contributed by atoms with E-state index in [1.54, 1.807) is 0 Å². The number of aryl methyl sites for hydroxylation is 1. The second-order valence-corrected chi connectivity index (χ2v) is 7.09. The SMILES string of the molecule is CCCCc1ccc(-c2cccc(-c3ccccc3)c2C(C)C)cc1. The zero-order valence-corrected chi connectivity index (χ0v) is 15.6. The Morgan fingerprint density at radius 2 is 1.28 bits per heavy atom. The third kappa shape index (κ3) is 4.02. The Bertz CT molecular complexity index is 795. The zero-order valence-electron chi connectivity index (χ0n) is 15.6. The van der Waals surface area contributed by atoms with Crippen molar-refractivity contribution < 1.29 is 0 Å². The lowest BCUT2D eigenvalue weighted by Gasteiger charge is -2.19. The molecule has 0 saturated heterocycles.